The number of aromatic nitrogens is 1. The van der Waals surface area contributed by atoms with Crippen molar-refractivity contribution in [2.75, 3.05) is 6.54 Å². The van der Waals surface area contributed by atoms with Crippen molar-refractivity contribution in [3.8, 4) is 0 Å². The summed E-state index contributed by atoms with van der Waals surface area (Å²) in [6.07, 6.45) is 4.20. The number of unbranched alkanes of at least 4 members (excludes halogenated alkanes) is 2. The summed E-state index contributed by atoms with van der Waals surface area (Å²) in [7, 11) is 0. The third kappa shape index (κ3) is 6.88. The van der Waals surface area contributed by atoms with Gasteiger partial charge in [-0.25, -0.2) is 4.98 Å². The van der Waals surface area contributed by atoms with Crippen LogP contribution in [0.2, 0.25) is 0 Å². The SMILES string of the molecule is CC(Sc1ccccn1)c1ccc(C(=O)NCCCCCC(=O)O)cc1. The lowest BCUT2D eigenvalue weighted by atomic mass is 10.1. The minimum Gasteiger partial charge on any atom is -0.481 e. The minimum atomic E-state index is -0.774. The lowest BCUT2D eigenvalue weighted by molar-refractivity contribution is -0.137. The Morgan fingerprint density at radius 1 is 1.12 bits per heavy atom. The van der Waals surface area contributed by atoms with Gasteiger partial charge in [-0.3, -0.25) is 9.59 Å². The molecule has 0 aliphatic carbocycles. The highest BCUT2D eigenvalue weighted by atomic mass is 32.2. The van der Waals surface area contributed by atoms with Crippen molar-refractivity contribution < 1.29 is 14.7 Å². The van der Waals surface area contributed by atoms with Gasteiger partial charge in [-0.05, 0) is 49.6 Å². The molecule has 2 N–H and O–H groups in total. The van der Waals surface area contributed by atoms with E-state index in [9.17, 15) is 9.59 Å². The van der Waals surface area contributed by atoms with E-state index in [0.717, 1.165) is 23.4 Å². The van der Waals surface area contributed by atoms with Gasteiger partial charge in [-0.15, -0.1) is 0 Å². The van der Waals surface area contributed by atoms with E-state index in [4.69, 9.17) is 5.11 Å². The molecule has 0 saturated carbocycles. The predicted molar refractivity (Wildman–Crippen MR) is 103 cm³/mol. The highest BCUT2D eigenvalue weighted by Crippen LogP contribution is 2.33. The molecule has 1 heterocycles. The molecule has 0 aliphatic heterocycles. The van der Waals surface area contributed by atoms with Crippen LogP contribution in [0.4, 0.5) is 0 Å². The highest BCUT2D eigenvalue weighted by molar-refractivity contribution is 7.99. The van der Waals surface area contributed by atoms with Gasteiger partial charge in [0, 0.05) is 30.0 Å². The number of hydrogen-bond donors (Lipinski definition) is 2. The zero-order chi connectivity index (χ0) is 18.8. The number of nitrogens with zero attached hydrogens (tertiary/aromatic N) is 1. The van der Waals surface area contributed by atoms with E-state index in [0.29, 0.717) is 18.5 Å². The quantitative estimate of drug-likeness (QED) is 0.480. The van der Waals surface area contributed by atoms with Gasteiger partial charge in [-0.2, -0.15) is 0 Å². The monoisotopic (exact) mass is 372 g/mol. The van der Waals surface area contributed by atoms with Crippen LogP contribution in [0.1, 0.15) is 53.8 Å². The van der Waals surface area contributed by atoms with Gasteiger partial charge in [-0.1, -0.05) is 36.4 Å². The molecule has 2 aromatic rings. The van der Waals surface area contributed by atoms with Gasteiger partial charge in [0.1, 0.15) is 0 Å². The molecule has 1 amide bonds. The van der Waals surface area contributed by atoms with Crippen molar-refractivity contribution >= 4 is 23.6 Å². The van der Waals surface area contributed by atoms with Crippen LogP contribution < -0.4 is 5.32 Å². The van der Waals surface area contributed by atoms with Gasteiger partial charge >= 0.3 is 5.97 Å². The number of amides is 1. The van der Waals surface area contributed by atoms with Gasteiger partial charge in [0.15, 0.2) is 0 Å². The van der Waals surface area contributed by atoms with Crippen LogP contribution in [0.5, 0.6) is 0 Å². The second-order valence-electron chi connectivity index (χ2n) is 6.01. The number of thioether (sulfide) groups is 1. The lowest BCUT2D eigenvalue weighted by Gasteiger charge is -2.12. The Kier molecular flexibility index (Phi) is 8.15. The number of carboxylic acids is 1. The summed E-state index contributed by atoms with van der Waals surface area (Å²) in [5.74, 6) is -0.871. The maximum Gasteiger partial charge on any atom is 0.303 e. The van der Waals surface area contributed by atoms with Gasteiger partial charge in [0.25, 0.3) is 5.91 Å². The van der Waals surface area contributed by atoms with Crippen molar-refractivity contribution in [3.05, 3.63) is 59.8 Å². The highest BCUT2D eigenvalue weighted by Gasteiger charge is 2.10. The van der Waals surface area contributed by atoms with Crippen molar-refractivity contribution in [1.82, 2.24) is 10.3 Å². The Balaban J connectivity index is 1.77. The van der Waals surface area contributed by atoms with Gasteiger partial charge in [0.2, 0.25) is 0 Å². The Labute approximate surface area is 158 Å². The number of rotatable bonds is 10. The zero-order valence-electron chi connectivity index (χ0n) is 14.9. The van der Waals surface area contributed by atoms with E-state index >= 15 is 0 Å². The third-order valence-electron chi connectivity index (χ3n) is 3.93. The number of carbonyl (C=O) groups is 2. The summed E-state index contributed by atoms with van der Waals surface area (Å²) in [4.78, 5) is 26.9. The topological polar surface area (TPSA) is 79.3 Å². The largest absolute Gasteiger partial charge is 0.481 e. The molecule has 1 atom stereocenters. The number of hydrogen-bond acceptors (Lipinski definition) is 4. The Bertz CT molecular complexity index is 705. The van der Waals surface area contributed by atoms with E-state index in [1.165, 1.54) is 0 Å². The fraction of sp³-hybridized carbons (Fsp3) is 0.350. The fourth-order valence-corrected chi connectivity index (χ4v) is 3.39. The van der Waals surface area contributed by atoms with E-state index < -0.39 is 5.97 Å². The molecule has 1 aromatic heterocycles. The fourth-order valence-electron chi connectivity index (χ4n) is 2.45. The molecule has 26 heavy (non-hydrogen) atoms. The molecule has 1 aromatic carbocycles. The van der Waals surface area contributed by atoms with Crippen LogP contribution in [0.3, 0.4) is 0 Å². The van der Waals surface area contributed by atoms with Crippen LogP contribution in [0.15, 0.2) is 53.7 Å². The maximum absolute atomic E-state index is 12.1. The number of carboxylic acid groups (broad SMARTS) is 1. The van der Waals surface area contributed by atoms with E-state index in [1.807, 2.05) is 42.5 Å². The third-order valence-corrected chi connectivity index (χ3v) is 5.04. The summed E-state index contributed by atoms with van der Waals surface area (Å²) < 4.78 is 0. The molecule has 0 aliphatic rings. The van der Waals surface area contributed by atoms with Crippen molar-refractivity contribution in [1.29, 1.82) is 0 Å². The van der Waals surface area contributed by atoms with Gasteiger partial charge in [0.05, 0.1) is 5.03 Å². The summed E-state index contributed by atoms with van der Waals surface area (Å²) >= 11 is 1.68. The summed E-state index contributed by atoms with van der Waals surface area (Å²) in [6, 6.07) is 13.5. The molecular weight excluding hydrogens is 348 g/mol. The Morgan fingerprint density at radius 3 is 2.54 bits per heavy atom. The number of carbonyl (C=O) groups excluding carboxylic acids is 1. The number of benzene rings is 1. The average molecular weight is 372 g/mol. The first-order valence-electron chi connectivity index (χ1n) is 8.74. The molecule has 0 fully saturated rings. The van der Waals surface area contributed by atoms with E-state index in [2.05, 4.69) is 17.2 Å². The molecule has 1 unspecified atom stereocenters. The molecule has 138 valence electrons. The number of pyridine rings is 1. The minimum absolute atomic E-state index is 0.0974. The van der Waals surface area contributed by atoms with Crippen LogP contribution >= 0.6 is 11.8 Å². The second-order valence-corrected chi connectivity index (χ2v) is 7.37. The summed E-state index contributed by atoms with van der Waals surface area (Å²) in [5.41, 5.74) is 1.78. The number of aliphatic carboxylic acids is 1. The van der Waals surface area contributed by atoms with Crippen molar-refractivity contribution in [2.24, 2.45) is 0 Å². The van der Waals surface area contributed by atoms with E-state index in [1.54, 1.807) is 18.0 Å². The summed E-state index contributed by atoms with van der Waals surface area (Å²) in [5, 5.41) is 12.7. The Hall–Kier alpha value is -2.34. The lowest BCUT2D eigenvalue weighted by Crippen LogP contribution is -2.24. The van der Waals surface area contributed by atoms with Crippen molar-refractivity contribution in [3.63, 3.8) is 0 Å². The van der Waals surface area contributed by atoms with Crippen LogP contribution in [-0.2, 0) is 4.79 Å². The molecular formula is C20H24N2O3S. The molecule has 0 saturated heterocycles. The normalized spacial score (nSPS) is 11.7. The molecule has 2 rings (SSSR count). The van der Waals surface area contributed by atoms with E-state index in [-0.39, 0.29) is 17.6 Å². The average Bonchev–Trinajstić information content (AvgIpc) is 2.65. The summed E-state index contributed by atoms with van der Waals surface area (Å²) in [6.45, 7) is 2.68. The first-order valence-corrected chi connectivity index (χ1v) is 9.62. The first kappa shape index (κ1) is 20.0. The molecule has 0 radical (unpaired) electrons. The molecule has 5 nitrogen and oxygen atoms in total. The second kappa shape index (κ2) is 10.6. The Morgan fingerprint density at radius 2 is 1.88 bits per heavy atom. The van der Waals surface area contributed by atoms with Crippen LogP contribution in [0.25, 0.3) is 0 Å². The number of nitrogens with one attached hydrogen (secondary N) is 1. The molecule has 6 heteroatoms. The van der Waals surface area contributed by atoms with Crippen LogP contribution in [0, 0.1) is 0 Å². The molecule has 0 spiro atoms. The standard InChI is InChI=1S/C20H24N2O3S/c1-15(26-18-7-4-6-13-21-18)16-9-11-17(12-10-16)20(25)22-14-5-2-3-8-19(23)24/h4,6-7,9-13,15H,2-3,5,8,14H2,1H3,(H,22,25)(H,23,24). The zero-order valence-corrected chi connectivity index (χ0v) is 15.7. The van der Waals surface area contributed by atoms with Crippen molar-refractivity contribution in [2.45, 2.75) is 42.9 Å². The smallest absolute Gasteiger partial charge is 0.303 e. The molecule has 0 bridgehead atoms. The maximum atomic E-state index is 12.1. The van der Waals surface area contributed by atoms with Gasteiger partial charge < -0.3 is 10.4 Å². The predicted octanol–water partition coefficient (Wildman–Crippen LogP) is 4.31. The first-order chi connectivity index (χ1) is 12.6. The van der Waals surface area contributed by atoms with Crippen LogP contribution in [-0.4, -0.2) is 28.5 Å².